The Morgan fingerprint density at radius 1 is 1.09 bits per heavy atom. The molecule has 1 heterocycles. The summed E-state index contributed by atoms with van der Waals surface area (Å²) < 4.78 is 45.0. The zero-order valence-corrected chi connectivity index (χ0v) is 19.4. The Bertz CT molecular complexity index is 1280. The van der Waals surface area contributed by atoms with Crippen molar-refractivity contribution in [2.24, 2.45) is 5.92 Å². The fourth-order valence-corrected chi connectivity index (χ4v) is 3.72. The summed E-state index contributed by atoms with van der Waals surface area (Å²) in [5.41, 5.74) is 0.798. The number of hydrogen-bond donors (Lipinski definition) is 1. The summed E-state index contributed by atoms with van der Waals surface area (Å²) in [5.74, 6) is 0.805. The molecule has 0 aliphatic heterocycles. The van der Waals surface area contributed by atoms with E-state index >= 15 is 0 Å². The predicted molar refractivity (Wildman–Crippen MR) is 124 cm³/mol. The number of aromatic nitrogens is 2. The third kappa shape index (κ3) is 6.57. The van der Waals surface area contributed by atoms with Crippen molar-refractivity contribution >= 4 is 29.1 Å². The third-order valence-corrected chi connectivity index (χ3v) is 5.83. The molecule has 10 heteroatoms. The van der Waals surface area contributed by atoms with Crippen LogP contribution in [-0.2, 0) is 28.6 Å². The monoisotopic (exact) mass is 503 g/mol. The molecule has 1 fully saturated rings. The van der Waals surface area contributed by atoms with Gasteiger partial charge in [0, 0.05) is 24.8 Å². The standard InChI is InChI=1S/C25H21ClF3N3O3/c1-14-8-19(35-23-12-22(30-13-31-23)32-24(34)16-3-4-16)6-5-17(14)11-18(33)9-15-2-7-21(26)20(10-15)25(27,28)29/h2,5-8,10,12-13,16H,3-4,9,11H2,1H3,(H,30,31,32,34). The van der Waals surface area contributed by atoms with E-state index in [0.717, 1.165) is 36.1 Å². The second-order valence-corrected chi connectivity index (χ2v) is 8.81. The first-order valence-electron chi connectivity index (χ1n) is 10.9. The maximum absolute atomic E-state index is 13.1. The third-order valence-electron chi connectivity index (χ3n) is 5.50. The van der Waals surface area contributed by atoms with Gasteiger partial charge in [-0.15, -0.1) is 0 Å². The Kier molecular flexibility index (Phi) is 7.07. The zero-order chi connectivity index (χ0) is 25.2. The molecule has 1 aromatic heterocycles. The van der Waals surface area contributed by atoms with Gasteiger partial charge in [0.15, 0.2) is 0 Å². The second kappa shape index (κ2) is 10.0. The first-order chi connectivity index (χ1) is 16.6. The first kappa shape index (κ1) is 24.7. The van der Waals surface area contributed by atoms with Gasteiger partial charge < -0.3 is 10.1 Å². The van der Waals surface area contributed by atoms with Crippen molar-refractivity contribution in [3.8, 4) is 11.6 Å². The fourth-order valence-electron chi connectivity index (χ4n) is 3.49. The lowest BCUT2D eigenvalue weighted by atomic mass is 9.98. The Labute approximate surface area is 204 Å². The van der Waals surface area contributed by atoms with Gasteiger partial charge in [-0.3, -0.25) is 9.59 Å². The Balaban J connectivity index is 1.39. The molecule has 2 aromatic carbocycles. The number of nitrogens with one attached hydrogen (secondary N) is 1. The molecular formula is C25H21ClF3N3O3. The molecule has 0 atom stereocenters. The van der Waals surface area contributed by atoms with Crippen molar-refractivity contribution in [2.75, 3.05) is 5.32 Å². The van der Waals surface area contributed by atoms with Crippen LogP contribution in [0, 0.1) is 12.8 Å². The lowest BCUT2D eigenvalue weighted by Crippen LogP contribution is -2.14. The van der Waals surface area contributed by atoms with E-state index in [1.807, 2.05) is 0 Å². The topological polar surface area (TPSA) is 81.2 Å². The first-order valence-corrected chi connectivity index (χ1v) is 11.2. The van der Waals surface area contributed by atoms with E-state index in [2.05, 4.69) is 15.3 Å². The zero-order valence-electron chi connectivity index (χ0n) is 18.7. The van der Waals surface area contributed by atoms with E-state index in [1.54, 1.807) is 25.1 Å². The highest BCUT2D eigenvalue weighted by atomic mass is 35.5. The number of halogens is 4. The van der Waals surface area contributed by atoms with Crippen molar-refractivity contribution in [2.45, 2.75) is 38.8 Å². The highest BCUT2D eigenvalue weighted by molar-refractivity contribution is 6.31. The molecular weight excluding hydrogens is 483 g/mol. The number of rotatable bonds is 8. The van der Waals surface area contributed by atoms with Crippen LogP contribution in [0.5, 0.6) is 11.6 Å². The quantitative estimate of drug-likeness (QED) is 0.410. The molecule has 4 rings (SSSR count). The van der Waals surface area contributed by atoms with Crippen LogP contribution in [0.1, 0.15) is 35.1 Å². The van der Waals surface area contributed by atoms with Crippen LogP contribution in [0.15, 0.2) is 48.8 Å². The second-order valence-electron chi connectivity index (χ2n) is 8.40. The van der Waals surface area contributed by atoms with Crippen LogP contribution < -0.4 is 10.1 Å². The highest BCUT2D eigenvalue weighted by Crippen LogP contribution is 2.35. The van der Waals surface area contributed by atoms with Crippen molar-refractivity contribution in [3.63, 3.8) is 0 Å². The molecule has 1 amide bonds. The molecule has 3 aromatic rings. The highest BCUT2D eigenvalue weighted by Gasteiger charge is 2.33. The van der Waals surface area contributed by atoms with E-state index < -0.39 is 16.8 Å². The lowest BCUT2D eigenvalue weighted by molar-refractivity contribution is -0.137. The molecule has 1 N–H and O–H groups in total. The van der Waals surface area contributed by atoms with Crippen molar-refractivity contribution < 1.29 is 27.5 Å². The summed E-state index contributed by atoms with van der Waals surface area (Å²) in [6.07, 6.45) is -1.63. The number of anilines is 1. The van der Waals surface area contributed by atoms with Gasteiger partial charge in [0.1, 0.15) is 23.7 Å². The summed E-state index contributed by atoms with van der Waals surface area (Å²) in [7, 11) is 0. The number of aryl methyl sites for hydroxylation is 1. The van der Waals surface area contributed by atoms with Crippen molar-refractivity contribution in [1.82, 2.24) is 9.97 Å². The van der Waals surface area contributed by atoms with Gasteiger partial charge in [0.05, 0.1) is 10.6 Å². The average molecular weight is 504 g/mol. The minimum Gasteiger partial charge on any atom is -0.439 e. The van der Waals surface area contributed by atoms with Gasteiger partial charge in [-0.25, -0.2) is 9.97 Å². The minimum absolute atomic E-state index is 0.0404. The SMILES string of the molecule is Cc1cc(Oc2cc(NC(=O)C3CC3)ncn2)ccc1CC(=O)Cc1ccc(Cl)c(C(F)(F)F)c1. The van der Waals surface area contributed by atoms with Crippen LogP contribution in [0.4, 0.5) is 19.0 Å². The largest absolute Gasteiger partial charge is 0.439 e. The molecule has 1 aliphatic rings. The summed E-state index contributed by atoms with van der Waals surface area (Å²) in [6.45, 7) is 1.81. The number of amides is 1. The summed E-state index contributed by atoms with van der Waals surface area (Å²) in [5, 5.41) is 2.33. The smallest absolute Gasteiger partial charge is 0.417 e. The van der Waals surface area contributed by atoms with E-state index in [1.165, 1.54) is 18.5 Å². The summed E-state index contributed by atoms with van der Waals surface area (Å²) in [4.78, 5) is 32.5. The van der Waals surface area contributed by atoms with Gasteiger partial charge in [-0.1, -0.05) is 23.7 Å². The van der Waals surface area contributed by atoms with E-state index in [4.69, 9.17) is 16.3 Å². The molecule has 0 radical (unpaired) electrons. The molecule has 6 nitrogen and oxygen atoms in total. The predicted octanol–water partition coefficient (Wildman–Crippen LogP) is 5.95. The van der Waals surface area contributed by atoms with Gasteiger partial charge >= 0.3 is 6.18 Å². The van der Waals surface area contributed by atoms with Gasteiger partial charge in [-0.2, -0.15) is 13.2 Å². The fraction of sp³-hybridized carbons (Fsp3) is 0.280. The molecule has 35 heavy (non-hydrogen) atoms. The number of ether oxygens (including phenoxy) is 1. The molecule has 0 unspecified atom stereocenters. The molecule has 0 saturated heterocycles. The number of carbonyl (C=O) groups excluding carboxylic acids is 2. The van der Waals surface area contributed by atoms with E-state index in [9.17, 15) is 22.8 Å². The van der Waals surface area contributed by atoms with Gasteiger partial charge in [0.2, 0.25) is 11.8 Å². The lowest BCUT2D eigenvalue weighted by Gasteiger charge is -2.12. The Morgan fingerprint density at radius 3 is 2.54 bits per heavy atom. The van der Waals surface area contributed by atoms with Crippen LogP contribution >= 0.6 is 11.6 Å². The molecule has 0 bridgehead atoms. The van der Waals surface area contributed by atoms with Gasteiger partial charge in [-0.05, 0) is 60.7 Å². The maximum Gasteiger partial charge on any atom is 0.417 e. The number of hydrogen-bond acceptors (Lipinski definition) is 5. The number of benzene rings is 2. The molecule has 1 aliphatic carbocycles. The van der Waals surface area contributed by atoms with Crippen molar-refractivity contribution in [1.29, 1.82) is 0 Å². The average Bonchev–Trinajstić information content (AvgIpc) is 3.62. The number of carbonyl (C=O) groups is 2. The number of nitrogens with zero attached hydrogens (tertiary/aromatic N) is 2. The maximum atomic E-state index is 13.1. The Morgan fingerprint density at radius 2 is 1.86 bits per heavy atom. The minimum atomic E-state index is -4.59. The van der Waals surface area contributed by atoms with Crippen molar-refractivity contribution in [3.05, 3.63) is 76.1 Å². The number of alkyl halides is 3. The normalized spacial score (nSPS) is 13.4. The van der Waals surface area contributed by atoms with Crippen LogP contribution in [-0.4, -0.2) is 21.7 Å². The number of ketones is 1. The number of Topliss-reactive ketones (excluding diaryl/α,β-unsaturated/α-hetero) is 1. The van der Waals surface area contributed by atoms with Crippen LogP contribution in [0.3, 0.4) is 0 Å². The summed E-state index contributed by atoms with van der Waals surface area (Å²) >= 11 is 5.64. The van der Waals surface area contributed by atoms with Crippen LogP contribution in [0.2, 0.25) is 5.02 Å². The van der Waals surface area contributed by atoms with Crippen LogP contribution in [0.25, 0.3) is 0 Å². The molecule has 1 saturated carbocycles. The molecule has 182 valence electrons. The van der Waals surface area contributed by atoms with E-state index in [-0.39, 0.29) is 41.9 Å². The van der Waals surface area contributed by atoms with Gasteiger partial charge in [0.25, 0.3) is 0 Å². The molecule has 0 spiro atoms. The van der Waals surface area contributed by atoms with E-state index in [0.29, 0.717) is 11.6 Å². The Hall–Kier alpha value is -3.46. The summed E-state index contributed by atoms with van der Waals surface area (Å²) in [6, 6.07) is 10.1.